The summed E-state index contributed by atoms with van der Waals surface area (Å²) in [5.41, 5.74) is 0. The highest BCUT2D eigenvalue weighted by atomic mass is 16.5. The Morgan fingerprint density at radius 1 is 1.37 bits per heavy atom. The maximum atomic E-state index is 12.4. The summed E-state index contributed by atoms with van der Waals surface area (Å²) in [5, 5.41) is 8.83. The SMILES string of the molecule is CCN(C(=O)N1CC(C)OC(C)C1)C(C)CC(=O)O. The first-order valence-electron chi connectivity index (χ1n) is 6.77. The number of rotatable bonds is 4. The van der Waals surface area contributed by atoms with Crippen LogP contribution in [0.5, 0.6) is 0 Å². The summed E-state index contributed by atoms with van der Waals surface area (Å²) in [6, 6.07) is -0.401. The minimum atomic E-state index is -0.887. The van der Waals surface area contributed by atoms with Crippen molar-refractivity contribution in [2.75, 3.05) is 19.6 Å². The van der Waals surface area contributed by atoms with Gasteiger partial charge in [-0.05, 0) is 27.7 Å². The van der Waals surface area contributed by atoms with Gasteiger partial charge < -0.3 is 19.6 Å². The molecular formula is C13H24N2O4. The Bertz CT molecular complexity index is 325. The van der Waals surface area contributed by atoms with Crippen molar-refractivity contribution in [2.45, 2.75) is 52.4 Å². The lowest BCUT2D eigenvalue weighted by atomic mass is 10.2. The number of morpholine rings is 1. The van der Waals surface area contributed by atoms with E-state index in [0.29, 0.717) is 19.6 Å². The van der Waals surface area contributed by atoms with Gasteiger partial charge in [-0.1, -0.05) is 0 Å². The minimum Gasteiger partial charge on any atom is -0.481 e. The van der Waals surface area contributed by atoms with Gasteiger partial charge in [-0.3, -0.25) is 4.79 Å². The lowest BCUT2D eigenvalue weighted by Gasteiger charge is -2.39. The smallest absolute Gasteiger partial charge is 0.320 e. The Balaban J connectivity index is 2.69. The summed E-state index contributed by atoms with van der Waals surface area (Å²) in [5.74, 6) is -0.887. The predicted molar refractivity (Wildman–Crippen MR) is 71.1 cm³/mol. The maximum absolute atomic E-state index is 12.4. The zero-order chi connectivity index (χ0) is 14.6. The van der Waals surface area contributed by atoms with Crippen LogP contribution in [0.15, 0.2) is 0 Å². The number of carboxylic acid groups (broad SMARTS) is 1. The van der Waals surface area contributed by atoms with Gasteiger partial charge in [0.2, 0.25) is 0 Å². The van der Waals surface area contributed by atoms with Gasteiger partial charge in [0.05, 0.1) is 18.6 Å². The van der Waals surface area contributed by atoms with Crippen LogP contribution in [0.1, 0.15) is 34.1 Å². The molecule has 1 aliphatic heterocycles. The molecule has 110 valence electrons. The lowest BCUT2D eigenvalue weighted by Crippen LogP contribution is -2.54. The number of hydrogen-bond acceptors (Lipinski definition) is 3. The van der Waals surface area contributed by atoms with Crippen molar-refractivity contribution in [3.05, 3.63) is 0 Å². The number of carbonyl (C=O) groups excluding carboxylic acids is 1. The average Bonchev–Trinajstić information content (AvgIpc) is 2.27. The Morgan fingerprint density at radius 2 is 1.89 bits per heavy atom. The summed E-state index contributed by atoms with van der Waals surface area (Å²) < 4.78 is 5.60. The molecule has 1 aliphatic rings. The van der Waals surface area contributed by atoms with Crippen molar-refractivity contribution in [1.29, 1.82) is 0 Å². The van der Waals surface area contributed by atoms with E-state index in [1.807, 2.05) is 20.8 Å². The summed E-state index contributed by atoms with van der Waals surface area (Å²) in [6.07, 6.45) is -0.00274. The molecule has 6 heteroatoms. The van der Waals surface area contributed by atoms with Crippen LogP contribution in [0.3, 0.4) is 0 Å². The molecule has 1 heterocycles. The molecule has 3 atom stereocenters. The van der Waals surface area contributed by atoms with Gasteiger partial charge in [-0.2, -0.15) is 0 Å². The molecule has 0 aromatic carbocycles. The maximum Gasteiger partial charge on any atom is 0.320 e. The molecule has 0 aromatic rings. The Morgan fingerprint density at radius 3 is 2.32 bits per heavy atom. The summed E-state index contributed by atoms with van der Waals surface area (Å²) in [6.45, 7) is 9.12. The quantitative estimate of drug-likeness (QED) is 0.840. The number of ether oxygens (including phenoxy) is 1. The Kier molecular flexibility index (Phi) is 5.60. The van der Waals surface area contributed by atoms with E-state index in [9.17, 15) is 9.59 Å². The average molecular weight is 272 g/mol. The highest BCUT2D eigenvalue weighted by Gasteiger charge is 2.30. The largest absolute Gasteiger partial charge is 0.481 e. The van der Waals surface area contributed by atoms with Gasteiger partial charge in [0.25, 0.3) is 0 Å². The highest BCUT2D eigenvalue weighted by molar-refractivity contribution is 5.76. The number of hydrogen-bond donors (Lipinski definition) is 1. The van der Waals surface area contributed by atoms with E-state index in [4.69, 9.17) is 9.84 Å². The summed E-state index contributed by atoms with van der Waals surface area (Å²) in [4.78, 5) is 26.6. The highest BCUT2D eigenvalue weighted by Crippen LogP contribution is 2.15. The molecule has 0 spiro atoms. The molecule has 19 heavy (non-hydrogen) atoms. The van der Waals surface area contributed by atoms with Crippen molar-refractivity contribution in [2.24, 2.45) is 0 Å². The zero-order valence-corrected chi connectivity index (χ0v) is 12.1. The van der Waals surface area contributed by atoms with E-state index in [1.165, 1.54) is 0 Å². The molecule has 0 saturated carbocycles. The Hall–Kier alpha value is -1.30. The van der Waals surface area contributed by atoms with Gasteiger partial charge in [-0.15, -0.1) is 0 Å². The second-order valence-electron chi connectivity index (χ2n) is 5.18. The fourth-order valence-corrected chi connectivity index (χ4v) is 2.51. The number of amides is 2. The molecule has 0 bridgehead atoms. The molecule has 1 rings (SSSR count). The fourth-order valence-electron chi connectivity index (χ4n) is 2.51. The van der Waals surface area contributed by atoms with Crippen molar-refractivity contribution >= 4 is 12.0 Å². The molecule has 0 aromatic heterocycles. The summed E-state index contributed by atoms with van der Waals surface area (Å²) >= 11 is 0. The van der Waals surface area contributed by atoms with E-state index in [0.717, 1.165) is 0 Å². The molecule has 1 saturated heterocycles. The van der Waals surface area contributed by atoms with E-state index < -0.39 is 5.97 Å². The molecule has 1 fully saturated rings. The van der Waals surface area contributed by atoms with Crippen molar-refractivity contribution in [1.82, 2.24) is 9.80 Å². The molecule has 1 N–H and O–H groups in total. The normalized spacial score (nSPS) is 24.9. The van der Waals surface area contributed by atoms with Gasteiger partial charge in [0.15, 0.2) is 0 Å². The van der Waals surface area contributed by atoms with E-state index in [-0.39, 0.29) is 30.7 Å². The fraction of sp³-hybridized carbons (Fsp3) is 0.846. The zero-order valence-electron chi connectivity index (χ0n) is 12.1. The molecule has 6 nitrogen and oxygen atoms in total. The number of aliphatic carboxylic acids is 1. The molecule has 2 amide bonds. The second kappa shape index (κ2) is 6.75. The van der Waals surface area contributed by atoms with E-state index in [1.54, 1.807) is 16.7 Å². The lowest BCUT2D eigenvalue weighted by molar-refractivity contribution is -0.138. The van der Waals surface area contributed by atoms with Crippen molar-refractivity contribution in [3.8, 4) is 0 Å². The molecule has 0 radical (unpaired) electrons. The first kappa shape index (κ1) is 15.8. The van der Waals surface area contributed by atoms with Gasteiger partial charge in [0.1, 0.15) is 0 Å². The summed E-state index contributed by atoms with van der Waals surface area (Å²) in [7, 11) is 0. The third-order valence-electron chi connectivity index (χ3n) is 3.28. The van der Waals surface area contributed by atoms with Crippen LogP contribution in [0.2, 0.25) is 0 Å². The van der Waals surface area contributed by atoms with Crippen molar-refractivity contribution < 1.29 is 19.4 Å². The monoisotopic (exact) mass is 272 g/mol. The van der Waals surface area contributed by atoms with Crippen LogP contribution < -0.4 is 0 Å². The first-order chi connectivity index (χ1) is 8.85. The van der Waals surface area contributed by atoms with Gasteiger partial charge >= 0.3 is 12.0 Å². The van der Waals surface area contributed by atoms with Crippen LogP contribution in [-0.4, -0.2) is 64.8 Å². The molecule has 3 unspecified atom stereocenters. The second-order valence-corrected chi connectivity index (χ2v) is 5.18. The topological polar surface area (TPSA) is 70.1 Å². The van der Waals surface area contributed by atoms with E-state index >= 15 is 0 Å². The Labute approximate surface area is 114 Å². The standard InChI is InChI=1S/C13H24N2O4/c1-5-15(9(2)6-12(16)17)13(18)14-7-10(3)19-11(4)8-14/h9-11H,5-8H2,1-4H3,(H,16,17). The van der Waals surface area contributed by atoms with Crippen LogP contribution in [0, 0.1) is 0 Å². The third kappa shape index (κ3) is 4.38. The van der Waals surface area contributed by atoms with E-state index in [2.05, 4.69) is 0 Å². The molecule has 0 aliphatic carbocycles. The van der Waals surface area contributed by atoms with Crippen LogP contribution >= 0.6 is 0 Å². The van der Waals surface area contributed by atoms with Gasteiger partial charge in [0, 0.05) is 25.7 Å². The third-order valence-corrected chi connectivity index (χ3v) is 3.28. The first-order valence-corrected chi connectivity index (χ1v) is 6.77. The molecular weight excluding hydrogens is 248 g/mol. The van der Waals surface area contributed by atoms with Crippen LogP contribution in [0.4, 0.5) is 4.79 Å². The van der Waals surface area contributed by atoms with Crippen molar-refractivity contribution in [3.63, 3.8) is 0 Å². The van der Waals surface area contributed by atoms with Crippen LogP contribution in [-0.2, 0) is 9.53 Å². The number of nitrogens with zero attached hydrogens (tertiary/aromatic N) is 2. The number of carboxylic acids is 1. The number of urea groups is 1. The minimum absolute atomic E-state index is 0.0150. The number of carbonyl (C=O) groups is 2. The predicted octanol–water partition coefficient (Wildman–Crippen LogP) is 1.40. The van der Waals surface area contributed by atoms with Crippen LogP contribution in [0.25, 0.3) is 0 Å². The van der Waals surface area contributed by atoms with Gasteiger partial charge in [-0.25, -0.2) is 4.79 Å².